The summed E-state index contributed by atoms with van der Waals surface area (Å²) < 4.78 is 0. The molecule has 1 N–H and O–H groups in total. The summed E-state index contributed by atoms with van der Waals surface area (Å²) in [7, 11) is 2.12. The SMILES string of the molecule is CCN(CC1CC(C)(C)CCC1NC)c1ccc(C)cc1. The number of hydrogen-bond acceptors (Lipinski definition) is 2. The summed E-state index contributed by atoms with van der Waals surface area (Å²) >= 11 is 0. The smallest absolute Gasteiger partial charge is 0.0366 e. The van der Waals surface area contributed by atoms with E-state index >= 15 is 0 Å². The van der Waals surface area contributed by atoms with Crippen LogP contribution in [-0.4, -0.2) is 26.2 Å². The number of nitrogens with zero attached hydrogens (tertiary/aromatic N) is 1. The maximum Gasteiger partial charge on any atom is 0.0366 e. The maximum atomic E-state index is 3.56. The predicted molar refractivity (Wildman–Crippen MR) is 93.0 cm³/mol. The molecule has 2 atom stereocenters. The van der Waals surface area contributed by atoms with Gasteiger partial charge < -0.3 is 10.2 Å². The first-order chi connectivity index (χ1) is 9.95. The molecule has 2 unspecified atom stereocenters. The van der Waals surface area contributed by atoms with Gasteiger partial charge in [0.15, 0.2) is 0 Å². The van der Waals surface area contributed by atoms with Crippen molar-refractivity contribution < 1.29 is 0 Å². The van der Waals surface area contributed by atoms with Crippen molar-refractivity contribution in [3.05, 3.63) is 29.8 Å². The minimum Gasteiger partial charge on any atom is -0.371 e. The molecule has 1 aromatic carbocycles. The quantitative estimate of drug-likeness (QED) is 0.872. The van der Waals surface area contributed by atoms with Crippen LogP contribution >= 0.6 is 0 Å². The van der Waals surface area contributed by atoms with E-state index in [0.29, 0.717) is 11.5 Å². The molecule has 1 aliphatic carbocycles. The highest BCUT2D eigenvalue weighted by Gasteiger charge is 2.34. The van der Waals surface area contributed by atoms with Gasteiger partial charge in [-0.2, -0.15) is 0 Å². The van der Waals surface area contributed by atoms with Crippen LogP contribution in [0.15, 0.2) is 24.3 Å². The van der Waals surface area contributed by atoms with E-state index in [2.05, 4.69) is 69.2 Å². The summed E-state index contributed by atoms with van der Waals surface area (Å²) in [6.45, 7) is 11.5. The van der Waals surface area contributed by atoms with Gasteiger partial charge in [0, 0.05) is 24.8 Å². The molecule has 1 fully saturated rings. The largest absolute Gasteiger partial charge is 0.371 e. The Kier molecular flexibility index (Phi) is 5.32. The minimum absolute atomic E-state index is 0.491. The van der Waals surface area contributed by atoms with Crippen LogP contribution in [-0.2, 0) is 0 Å². The third-order valence-corrected chi connectivity index (χ3v) is 5.12. The van der Waals surface area contributed by atoms with E-state index in [1.807, 2.05) is 0 Å². The second kappa shape index (κ2) is 6.83. The van der Waals surface area contributed by atoms with Crippen molar-refractivity contribution >= 4 is 5.69 Å². The van der Waals surface area contributed by atoms with Crippen LogP contribution in [0.25, 0.3) is 0 Å². The predicted octanol–water partition coefficient (Wildman–Crippen LogP) is 4.24. The highest BCUT2D eigenvalue weighted by molar-refractivity contribution is 5.47. The van der Waals surface area contributed by atoms with Gasteiger partial charge >= 0.3 is 0 Å². The van der Waals surface area contributed by atoms with E-state index in [-0.39, 0.29) is 0 Å². The second-order valence-electron chi connectivity index (χ2n) is 7.44. The van der Waals surface area contributed by atoms with E-state index in [1.165, 1.54) is 30.5 Å². The van der Waals surface area contributed by atoms with Gasteiger partial charge in [-0.25, -0.2) is 0 Å². The van der Waals surface area contributed by atoms with Crippen molar-refractivity contribution in [2.75, 3.05) is 25.0 Å². The normalized spacial score (nSPS) is 24.8. The van der Waals surface area contributed by atoms with E-state index in [4.69, 9.17) is 0 Å². The third-order valence-electron chi connectivity index (χ3n) is 5.12. The van der Waals surface area contributed by atoms with Gasteiger partial charge in [-0.3, -0.25) is 0 Å². The molecular weight excluding hydrogens is 256 g/mol. The molecule has 0 heterocycles. The van der Waals surface area contributed by atoms with Crippen LogP contribution in [0.4, 0.5) is 5.69 Å². The zero-order valence-corrected chi connectivity index (χ0v) is 14.4. The lowest BCUT2D eigenvalue weighted by Gasteiger charge is -2.43. The van der Waals surface area contributed by atoms with Crippen LogP contribution in [0.5, 0.6) is 0 Å². The molecule has 1 aliphatic rings. The monoisotopic (exact) mass is 288 g/mol. The van der Waals surface area contributed by atoms with E-state index < -0.39 is 0 Å². The van der Waals surface area contributed by atoms with Crippen LogP contribution < -0.4 is 10.2 Å². The van der Waals surface area contributed by atoms with Crippen molar-refractivity contribution in [2.45, 2.75) is 53.0 Å². The first kappa shape index (κ1) is 16.4. The molecule has 0 aliphatic heterocycles. The molecule has 118 valence electrons. The summed E-state index contributed by atoms with van der Waals surface area (Å²) in [6.07, 6.45) is 3.96. The van der Waals surface area contributed by atoms with Crippen LogP contribution in [0.2, 0.25) is 0 Å². The number of aryl methyl sites for hydroxylation is 1. The number of rotatable bonds is 5. The fraction of sp³-hybridized carbons (Fsp3) is 0.684. The Morgan fingerprint density at radius 1 is 1.24 bits per heavy atom. The Balaban J connectivity index is 2.10. The van der Waals surface area contributed by atoms with Gasteiger partial charge in [-0.15, -0.1) is 0 Å². The van der Waals surface area contributed by atoms with Crippen molar-refractivity contribution in [3.63, 3.8) is 0 Å². The number of anilines is 1. The second-order valence-corrected chi connectivity index (χ2v) is 7.44. The zero-order chi connectivity index (χ0) is 15.5. The molecule has 2 heteroatoms. The van der Waals surface area contributed by atoms with Crippen molar-refractivity contribution in [1.29, 1.82) is 0 Å². The average Bonchev–Trinajstić information content (AvgIpc) is 2.45. The Morgan fingerprint density at radius 3 is 2.48 bits per heavy atom. The lowest BCUT2D eigenvalue weighted by molar-refractivity contribution is 0.145. The first-order valence-corrected chi connectivity index (χ1v) is 8.44. The average molecular weight is 288 g/mol. The molecule has 2 rings (SSSR count). The minimum atomic E-state index is 0.491. The standard InChI is InChI=1S/C19H32N2/c1-6-21(17-9-7-15(2)8-10-17)14-16-13-19(3,4)12-11-18(16)20-5/h7-10,16,18,20H,6,11-14H2,1-5H3. The fourth-order valence-electron chi connectivity index (χ4n) is 3.76. The van der Waals surface area contributed by atoms with Crippen molar-refractivity contribution in [1.82, 2.24) is 5.32 Å². The van der Waals surface area contributed by atoms with Gasteiger partial charge in [0.05, 0.1) is 0 Å². The molecule has 1 saturated carbocycles. The van der Waals surface area contributed by atoms with Gasteiger partial charge in [0.1, 0.15) is 0 Å². The molecular formula is C19H32N2. The molecule has 0 saturated heterocycles. The molecule has 0 amide bonds. The molecule has 0 radical (unpaired) electrons. The molecule has 0 aromatic heterocycles. The number of benzene rings is 1. The van der Waals surface area contributed by atoms with Gasteiger partial charge in [0.2, 0.25) is 0 Å². The van der Waals surface area contributed by atoms with Crippen LogP contribution in [0.1, 0.15) is 45.6 Å². The summed E-state index contributed by atoms with van der Waals surface area (Å²) in [5.41, 5.74) is 3.19. The fourth-order valence-corrected chi connectivity index (χ4v) is 3.76. The Hall–Kier alpha value is -1.02. The van der Waals surface area contributed by atoms with Crippen molar-refractivity contribution in [2.24, 2.45) is 11.3 Å². The van der Waals surface area contributed by atoms with Gasteiger partial charge in [-0.1, -0.05) is 31.5 Å². The molecule has 21 heavy (non-hydrogen) atoms. The molecule has 0 bridgehead atoms. The zero-order valence-electron chi connectivity index (χ0n) is 14.4. The highest BCUT2D eigenvalue weighted by atomic mass is 15.1. The molecule has 2 nitrogen and oxygen atoms in total. The Bertz CT molecular complexity index is 435. The third kappa shape index (κ3) is 4.23. The Morgan fingerprint density at radius 2 is 1.90 bits per heavy atom. The topological polar surface area (TPSA) is 15.3 Å². The number of nitrogens with one attached hydrogen (secondary N) is 1. The first-order valence-electron chi connectivity index (χ1n) is 8.44. The van der Waals surface area contributed by atoms with E-state index in [0.717, 1.165) is 19.0 Å². The highest BCUT2D eigenvalue weighted by Crippen LogP contribution is 2.39. The van der Waals surface area contributed by atoms with E-state index in [9.17, 15) is 0 Å². The van der Waals surface area contributed by atoms with Gasteiger partial charge in [-0.05, 0) is 63.6 Å². The summed E-state index contributed by atoms with van der Waals surface area (Å²) in [4.78, 5) is 2.54. The summed E-state index contributed by atoms with van der Waals surface area (Å²) in [6, 6.07) is 9.64. The van der Waals surface area contributed by atoms with Crippen molar-refractivity contribution in [3.8, 4) is 0 Å². The van der Waals surface area contributed by atoms with Crippen LogP contribution in [0, 0.1) is 18.3 Å². The molecule has 0 spiro atoms. The lowest BCUT2D eigenvalue weighted by Crippen LogP contribution is -2.46. The lowest BCUT2D eigenvalue weighted by atomic mass is 9.69. The van der Waals surface area contributed by atoms with Gasteiger partial charge in [0.25, 0.3) is 0 Å². The molecule has 1 aromatic rings. The maximum absolute atomic E-state index is 3.56. The number of hydrogen-bond donors (Lipinski definition) is 1. The summed E-state index contributed by atoms with van der Waals surface area (Å²) in [5.74, 6) is 0.736. The van der Waals surface area contributed by atoms with Crippen LogP contribution in [0.3, 0.4) is 0 Å². The summed E-state index contributed by atoms with van der Waals surface area (Å²) in [5, 5.41) is 3.56. The Labute approximate surface area is 130 Å². The van der Waals surface area contributed by atoms with E-state index in [1.54, 1.807) is 0 Å².